The zero-order valence-corrected chi connectivity index (χ0v) is 25.0. The fourth-order valence-corrected chi connectivity index (χ4v) is 6.38. The first-order valence-corrected chi connectivity index (χ1v) is 15.0. The summed E-state index contributed by atoms with van der Waals surface area (Å²) in [4.78, 5) is 53.7. The molecule has 1 unspecified atom stereocenters. The number of aliphatic hydroxyl groups excluding tert-OH is 1. The molecule has 240 valence electrons. The molecule has 1 saturated heterocycles. The van der Waals surface area contributed by atoms with Crippen molar-refractivity contribution in [1.82, 2.24) is 15.2 Å². The Morgan fingerprint density at radius 1 is 1.09 bits per heavy atom. The second kappa shape index (κ2) is 14.2. The van der Waals surface area contributed by atoms with E-state index >= 15 is 0 Å². The number of rotatable bonds is 7. The number of aryl methyl sites for hydroxylation is 2. The van der Waals surface area contributed by atoms with Crippen LogP contribution >= 0.6 is 11.3 Å². The van der Waals surface area contributed by atoms with Crippen LogP contribution in [0.25, 0.3) is 10.4 Å². The van der Waals surface area contributed by atoms with Crippen LogP contribution in [0.3, 0.4) is 0 Å². The number of nitrogens with one attached hydrogen (secondary N) is 1. The maximum absolute atomic E-state index is 13.5. The lowest BCUT2D eigenvalue weighted by Gasteiger charge is -2.27. The predicted molar refractivity (Wildman–Crippen MR) is 158 cm³/mol. The predicted octanol–water partition coefficient (Wildman–Crippen LogP) is 4.54. The number of thiazole rings is 1. The minimum atomic E-state index is -5.08. The fraction of sp³-hybridized carbons (Fsp3) is 0.387. The van der Waals surface area contributed by atoms with Gasteiger partial charge in [0.1, 0.15) is 6.04 Å². The zero-order valence-electron chi connectivity index (χ0n) is 24.2. The summed E-state index contributed by atoms with van der Waals surface area (Å²) < 4.78 is 31.7. The van der Waals surface area contributed by atoms with Gasteiger partial charge in [0, 0.05) is 25.1 Å². The summed E-state index contributed by atoms with van der Waals surface area (Å²) in [5.41, 5.74) is 7.21. The van der Waals surface area contributed by atoms with E-state index in [-0.39, 0.29) is 37.1 Å². The van der Waals surface area contributed by atoms with Crippen molar-refractivity contribution in [3.05, 3.63) is 75.9 Å². The number of aliphatic hydroxyl groups is 1. The van der Waals surface area contributed by atoms with E-state index in [0.717, 1.165) is 52.1 Å². The molecule has 0 saturated carbocycles. The number of fused-ring (bicyclic) bond motifs is 1. The summed E-state index contributed by atoms with van der Waals surface area (Å²) in [6.07, 6.45) is -3.11. The number of carbonyl (C=O) groups is 4. The normalized spacial score (nSPS) is 19.2. The molecule has 1 aliphatic carbocycles. The number of carboxylic acid groups (broad SMARTS) is 2. The lowest BCUT2D eigenvalue weighted by Crippen LogP contribution is -2.45. The van der Waals surface area contributed by atoms with E-state index < -0.39 is 30.3 Å². The van der Waals surface area contributed by atoms with Gasteiger partial charge in [0.25, 0.3) is 5.91 Å². The van der Waals surface area contributed by atoms with Gasteiger partial charge >= 0.3 is 18.1 Å². The summed E-state index contributed by atoms with van der Waals surface area (Å²) in [5.74, 6) is -4.37. The van der Waals surface area contributed by atoms with Gasteiger partial charge in [0.05, 0.1) is 28.6 Å². The molecule has 14 heteroatoms. The molecule has 45 heavy (non-hydrogen) atoms. The third-order valence-electron chi connectivity index (χ3n) is 7.77. The van der Waals surface area contributed by atoms with Crippen LogP contribution in [0.4, 0.5) is 13.2 Å². The number of β-amino-alcohol motifs (C(OH)–C–C–N with tert-alkyl or cyclic N) is 1. The van der Waals surface area contributed by atoms with E-state index in [0.29, 0.717) is 12.1 Å². The van der Waals surface area contributed by atoms with E-state index in [9.17, 15) is 37.8 Å². The molecule has 2 aromatic carbocycles. The number of amides is 2. The molecule has 1 aliphatic heterocycles. The van der Waals surface area contributed by atoms with Crippen molar-refractivity contribution in [1.29, 1.82) is 0 Å². The molecule has 0 radical (unpaired) electrons. The van der Waals surface area contributed by atoms with Gasteiger partial charge in [-0.05, 0) is 66.5 Å². The molecular formula is C31H32F3N3O7S. The SMILES string of the molecule is Cc1ncsc1-c1ccc(CNC(=O)[C@@H]2C[C@@H](O)CN2C(=O)c2ccc3c(c2)C(CC(=O)O)CCC3)cc1.O=C(O)C(F)(F)F. The Hall–Kier alpha value is -4.30. The van der Waals surface area contributed by atoms with Crippen LogP contribution in [0.5, 0.6) is 0 Å². The Bertz CT molecular complexity index is 1560. The average Bonchev–Trinajstić information content (AvgIpc) is 3.60. The van der Waals surface area contributed by atoms with Gasteiger partial charge < -0.3 is 25.5 Å². The molecule has 3 atom stereocenters. The highest BCUT2D eigenvalue weighted by atomic mass is 32.1. The summed E-state index contributed by atoms with van der Waals surface area (Å²) in [5, 5.41) is 29.7. The topological polar surface area (TPSA) is 157 Å². The largest absolute Gasteiger partial charge is 0.490 e. The van der Waals surface area contributed by atoms with Gasteiger partial charge in [-0.15, -0.1) is 11.3 Å². The maximum atomic E-state index is 13.5. The number of halogens is 3. The van der Waals surface area contributed by atoms with Crippen molar-refractivity contribution in [2.75, 3.05) is 6.54 Å². The van der Waals surface area contributed by atoms with E-state index in [2.05, 4.69) is 10.3 Å². The Balaban J connectivity index is 0.000000591. The van der Waals surface area contributed by atoms with E-state index in [1.165, 1.54) is 4.90 Å². The number of carbonyl (C=O) groups excluding carboxylic acids is 2. The molecule has 1 aromatic heterocycles. The highest BCUT2D eigenvalue weighted by Crippen LogP contribution is 2.35. The van der Waals surface area contributed by atoms with Crippen molar-refractivity contribution in [3.8, 4) is 10.4 Å². The first kappa shape index (κ1) is 33.6. The minimum Gasteiger partial charge on any atom is -0.481 e. The monoisotopic (exact) mass is 647 g/mol. The Labute approximate surface area is 260 Å². The summed E-state index contributed by atoms with van der Waals surface area (Å²) >= 11 is 1.59. The quantitative estimate of drug-likeness (QED) is 0.291. The second-order valence-electron chi connectivity index (χ2n) is 10.9. The van der Waals surface area contributed by atoms with Crippen LogP contribution in [0.2, 0.25) is 0 Å². The number of hydrogen-bond donors (Lipinski definition) is 4. The smallest absolute Gasteiger partial charge is 0.481 e. The first-order valence-electron chi connectivity index (χ1n) is 14.2. The van der Waals surface area contributed by atoms with Gasteiger partial charge in [-0.25, -0.2) is 9.78 Å². The lowest BCUT2D eigenvalue weighted by atomic mass is 9.80. The zero-order chi connectivity index (χ0) is 32.9. The van der Waals surface area contributed by atoms with Crippen molar-refractivity contribution in [2.45, 2.75) is 69.8 Å². The number of aromatic nitrogens is 1. The summed E-state index contributed by atoms with van der Waals surface area (Å²) in [7, 11) is 0. The summed E-state index contributed by atoms with van der Waals surface area (Å²) in [6.45, 7) is 2.36. The molecule has 0 spiro atoms. The van der Waals surface area contributed by atoms with Gasteiger partial charge in [0.15, 0.2) is 0 Å². The molecule has 3 aromatic rings. The molecule has 5 rings (SSSR count). The maximum Gasteiger partial charge on any atom is 0.490 e. The number of alkyl halides is 3. The highest BCUT2D eigenvalue weighted by Gasteiger charge is 2.40. The van der Waals surface area contributed by atoms with Gasteiger partial charge in [-0.3, -0.25) is 14.4 Å². The fourth-order valence-electron chi connectivity index (χ4n) is 5.57. The van der Waals surface area contributed by atoms with Crippen molar-refractivity contribution < 1.29 is 47.7 Å². The number of likely N-dealkylation sites (tertiary alicyclic amines) is 1. The number of aliphatic carboxylic acids is 2. The molecular weight excluding hydrogens is 615 g/mol. The Kier molecular flexibility index (Phi) is 10.6. The highest BCUT2D eigenvalue weighted by molar-refractivity contribution is 7.13. The molecule has 1 fully saturated rings. The Morgan fingerprint density at radius 2 is 1.78 bits per heavy atom. The molecule has 4 N–H and O–H groups in total. The Morgan fingerprint density at radius 3 is 2.38 bits per heavy atom. The first-order chi connectivity index (χ1) is 21.2. The van der Waals surface area contributed by atoms with Crippen LogP contribution in [-0.4, -0.2) is 73.8 Å². The van der Waals surface area contributed by atoms with Crippen molar-refractivity contribution in [3.63, 3.8) is 0 Å². The number of carboxylic acids is 2. The average molecular weight is 648 g/mol. The molecule has 10 nitrogen and oxygen atoms in total. The van der Waals surface area contributed by atoms with Crippen LogP contribution in [0.15, 0.2) is 48.0 Å². The van der Waals surface area contributed by atoms with Crippen LogP contribution in [-0.2, 0) is 27.3 Å². The van der Waals surface area contributed by atoms with Crippen LogP contribution in [0.1, 0.15) is 64.3 Å². The van der Waals surface area contributed by atoms with E-state index in [1.807, 2.05) is 42.8 Å². The van der Waals surface area contributed by atoms with Gasteiger partial charge in [0.2, 0.25) is 5.91 Å². The van der Waals surface area contributed by atoms with Crippen molar-refractivity contribution in [2.24, 2.45) is 0 Å². The van der Waals surface area contributed by atoms with Crippen LogP contribution < -0.4 is 5.32 Å². The van der Waals surface area contributed by atoms with E-state index in [4.69, 9.17) is 9.90 Å². The number of nitrogens with zero attached hydrogens (tertiary/aromatic N) is 2. The standard InChI is InChI=1S/C29H31N3O5S.C2HF3O2/c1-17-27(38-16-31-17)20-7-5-18(6-8-20)14-30-28(36)25-13-23(33)15-32(25)29(37)22-10-9-19-3-2-4-21(12-26(34)35)24(19)11-22;3-2(4,5)1(6)7/h5-11,16,21,23,25,33H,2-4,12-15H2,1H3,(H,30,36)(H,34,35);(H,6,7)/t21?,23-,25+;/m1./s1. The molecule has 2 amide bonds. The van der Waals surface area contributed by atoms with Gasteiger partial charge in [-0.1, -0.05) is 30.3 Å². The van der Waals surface area contributed by atoms with Crippen molar-refractivity contribution >= 4 is 35.1 Å². The molecule has 2 aliphatic rings. The third kappa shape index (κ3) is 8.45. The third-order valence-corrected chi connectivity index (χ3v) is 8.74. The molecule has 2 heterocycles. The van der Waals surface area contributed by atoms with Crippen LogP contribution in [0, 0.1) is 6.92 Å². The number of hydrogen-bond acceptors (Lipinski definition) is 7. The summed E-state index contributed by atoms with van der Waals surface area (Å²) in [6, 6.07) is 12.6. The number of benzene rings is 2. The van der Waals surface area contributed by atoms with Gasteiger partial charge in [-0.2, -0.15) is 13.2 Å². The second-order valence-corrected chi connectivity index (χ2v) is 11.8. The lowest BCUT2D eigenvalue weighted by molar-refractivity contribution is -0.192. The molecule has 0 bridgehead atoms. The van der Waals surface area contributed by atoms with E-state index in [1.54, 1.807) is 23.5 Å². The minimum absolute atomic E-state index is 0.0307.